The molecule has 4 rings (SSSR count). The van der Waals surface area contributed by atoms with Gasteiger partial charge < -0.3 is 15.1 Å². The molecule has 1 aromatic carbocycles. The van der Waals surface area contributed by atoms with Crippen molar-refractivity contribution in [2.75, 3.05) is 30.0 Å². The molecule has 1 fully saturated rings. The number of rotatable bonds is 3. The minimum atomic E-state index is -0.414. The largest absolute Gasteiger partial charge is 0.340 e. The molecule has 1 aromatic heterocycles. The van der Waals surface area contributed by atoms with E-state index in [1.165, 1.54) is 23.9 Å². The molecular weight excluding hydrogens is 383 g/mol. The highest BCUT2D eigenvalue weighted by atomic mass is 35.5. The van der Waals surface area contributed by atoms with Crippen molar-refractivity contribution in [1.29, 1.82) is 0 Å². The number of aliphatic imine (C=N–C) groups is 1. The maximum Gasteiger partial charge on any atom is 0.141 e. The number of thiophene rings is 1. The molecular formula is C20H24ClFN4S. The van der Waals surface area contributed by atoms with Gasteiger partial charge in [0.05, 0.1) is 10.6 Å². The highest BCUT2D eigenvalue weighted by molar-refractivity contribution is 7.14. The predicted octanol–water partition coefficient (Wildman–Crippen LogP) is 5.05. The zero-order valence-corrected chi connectivity index (χ0v) is 17.2. The van der Waals surface area contributed by atoms with E-state index in [0.717, 1.165) is 30.2 Å². The van der Waals surface area contributed by atoms with Crippen LogP contribution in [0, 0.1) is 5.82 Å². The Hall–Kier alpha value is -1.63. The van der Waals surface area contributed by atoms with Gasteiger partial charge in [-0.05, 0) is 56.3 Å². The van der Waals surface area contributed by atoms with Gasteiger partial charge in [-0.2, -0.15) is 0 Å². The number of hydrogen-bond donors (Lipinski definition) is 1. The summed E-state index contributed by atoms with van der Waals surface area (Å²) in [5.41, 5.74) is 1.86. The smallest absolute Gasteiger partial charge is 0.141 e. The number of benzene rings is 1. The number of nitrogens with one attached hydrogen (secondary N) is 1. The van der Waals surface area contributed by atoms with Crippen LogP contribution in [0.2, 0.25) is 5.02 Å². The van der Waals surface area contributed by atoms with E-state index in [1.54, 1.807) is 23.5 Å². The van der Waals surface area contributed by atoms with Crippen molar-refractivity contribution in [3.63, 3.8) is 0 Å². The maximum atomic E-state index is 13.4. The van der Waals surface area contributed by atoms with Gasteiger partial charge in [0.1, 0.15) is 23.3 Å². The minimum absolute atomic E-state index is 0.112. The zero-order valence-electron chi connectivity index (χ0n) is 15.6. The Labute approximate surface area is 168 Å². The van der Waals surface area contributed by atoms with Crippen LogP contribution in [0.3, 0.4) is 0 Å². The first-order valence-corrected chi connectivity index (χ1v) is 10.6. The molecule has 2 aliphatic rings. The second-order valence-corrected chi connectivity index (χ2v) is 8.67. The summed E-state index contributed by atoms with van der Waals surface area (Å²) >= 11 is 7.66. The Bertz CT molecular complexity index is 842. The van der Waals surface area contributed by atoms with Gasteiger partial charge in [0, 0.05) is 30.9 Å². The quantitative estimate of drug-likeness (QED) is 0.773. The van der Waals surface area contributed by atoms with E-state index in [1.807, 2.05) is 0 Å². The van der Waals surface area contributed by atoms with E-state index in [2.05, 4.69) is 40.4 Å². The highest BCUT2D eigenvalue weighted by Crippen LogP contribution is 2.35. The lowest BCUT2D eigenvalue weighted by atomic mass is 10.0. The second kappa shape index (κ2) is 7.78. The molecule has 2 aliphatic heterocycles. The lowest BCUT2D eigenvalue weighted by Crippen LogP contribution is -2.48. The van der Waals surface area contributed by atoms with Crippen molar-refractivity contribution in [2.24, 2.45) is 4.99 Å². The zero-order chi connectivity index (χ0) is 19.0. The Morgan fingerprint density at radius 1 is 1.26 bits per heavy atom. The summed E-state index contributed by atoms with van der Waals surface area (Å²) in [6, 6.07) is 7.90. The number of likely N-dealkylation sites (tertiary alicyclic amines) is 1. The Balaban J connectivity index is 1.50. The van der Waals surface area contributed by atoms with Crippen molar-refractivity contribution >= 4 is 39.5 Å². The third-order valence-electron chi connectivity index (χ3n) is 5.39. The van der Waals surface area contributed by atoms with Crippen molar-refractivity contribution in [3.05, 3.63) is 46.0 Å². The summed E-state index contributed by atoms with van der Waals surface area (Å²) in [5.74, 6) is 0.410. The molecule has 144 valence electrons. The minimum Gasteiger partial charge on any atom is -0.340 e. The molecule has 0 aliphatic carbocycles. The lowest BCUT2D eigenvalue weighted by molar-refractivity contribution is 0.170. The third-order valence-corrected chi connectivity index (χ3v) is 6.63. The summed E-state index contributed by atoms with van der Waals surface area (Å²) in [4.78, 5) is 9.78. The molecule has 0 bridgehead atoms. The van der Waals surface area contributed by atoms with Gasteiger partial charge in [-0.15, -0.1) is 11.3 Å². The van der Waals surface area contributed by atoms with Gasteiger partial charge in [0.15, 0.2) is 0 Å². The highest BCUT2D eigenvalue weighted by Gasteiger charge is 2.30. The van der Waals surface area contributed by atoms with E-state index in [9.17, 15) is 4.39 Å². The maximum absolute atomic E-state index is 13.4. The normalized spacial score (nSPS) is 18.6. The molecule has 27 heavy (non-hydrogen) atoms. The monoisotopic (exact) mass is 406 g/mol. The molecule has 0 radical (unpaired) electrons. The fraction of sp³-hybridized carbons (Fsp3) is 0.450. The van der Waals surface area contributed by atoms with Crippen LogP contribution in [0.4, 0.5) is 15.1 Å². The molecule has 0 saturated carbocycles. The predicted molar refractivity (Wildman–Crippen MR) is 113 cm³/mol. The van der Waals surface area contributed by atoms with Crippen LogP contribution in [-0.2, 0) is 0 Å². The number of amidine groups is 1. The van der Waals surface area contributed by atoms with Gasteiger partial charge >= 0.3 is 0 Å². The summed E-state index contributed by atoms with van der Waals surface area (Å²) < 4.78 is 13.4. The fourth-order valence-electron chi connectivity index (χ4n) is 3.81. The van der Waals surface area contributed by atoms with Gasteiger partial charge in [-0.25, -0.2) is 9.38 Å². The number of piperidine rings is 1. The average molecular weight is 407 g/mol. The number of nitrogens with zero attached hydrogens (tertiary/aromatic N) is 3. The van der Waals surface area contributed by atoms with Crippen LogP contribution in [0.5, 0.6) is 0 Å². The lowest BCUT2D eigenvalue weighted by Gasteiger charge is -2.41. The molecule has 0 amide bonds. The molecule has 4 nitrogen and oxygen atoms in total. The van der Waals surface area contributed by atoms with E-state index in [0.29, 0.717) is 18.8 Å². The molecule has 1 saturated heterocycles. The first-order valence-electron chi connectivity index (χ1n) is 9.38. The van der Waals surface area contributed by atoms with Gasteiger partial charge in [-0.1, -0.05) is 11.6 Å². The van der Waals surface area contributed by atoms with Gasteiger partial charge in [-0.3, -0.25) is 0 Å². The molecule has 0 atom stereocenters. The fourth-order valence-corrected chi connectivity index (χ4v) is 4.96. The summed E-state index contributed by atoms with van der Waals surface area (Å²) in [6.07, 6.45) is 2.34. The Morgan fingerprint density at radius 3 is 2.74 bits per heavy atom. The van der Waals surface area contributed by atoms with Crippen molar-refractivity contribution < 1.29 is 4.39 Å². The van der Waals surface area contributed by atoms with Crippen molar-refractivity contribution in [1.82, 2.24) is 4.90 Å². The molecule has 0 spiro atoms. The first kappa shape index (κ1) is 18.7. The van der Waals surface area contributed by atoms with E-state index in [4.69, 9.17) is 16.6 Å². The van der Waals surface area contributed by atoms with Crippen LogP contribution in [0.15, 0.2) is 34.6 Å². The molecule has 7 heteroatoms. The van der Waals surface area contributed by atoms with Crippen LogP contribution in [0.1, 0.15) is 32.3 Å². The summed E-state index contributed by atoms with van der Waals surface area (Å²) in [7, 11) is 0. The van der Waals surface area contributed by atoms with Crippen molar-refractivity contribution in [2.45, 2.75) is 38.8 Å². The topological polar surface area (TPSA) is 30.9 Å². The Kier molecular flexibility index (Phi) is 5.39. The van der Waals surface area contributed by atoms with Crippen molar-refractivity contribution in [3.8, 4) is 0 Å². The average Bonchev–Trinajstić information content (AvgIpc) is 3.15. The third kappa shape index (κ3) is 3.84. The first-order chi connectivity index (χ1) is 13.0. The molecule has 1 N–H and O–H groups in total. The van der Waals surface area contributed by atoms with Crippen LogP contribution in [0.25, 0.3) is 0 Å². The summed E-state index contributed by atoms with van der Waals surface area (Å²) in [6.45, 7) is 7.47. The van der Waals surface area contributed by atoms with Crippen LogP contribution in [-0.4, -0.2) is 42.6 Å². The van der Waals surface area contributed by atoms with E-state index in [-0.39, 0.29) is 5.02 Å². The summed E-state index contributed by atoms with van der Waals surface area (Å²) in [5, 5.41) is 6.80. The van der Waals surface area contributed by atoms with E-state index < -0.39 is 5.82 Å². The van der Waals surface area contributed by atoms with Crippen LogP contribution < -0.4 is 10.2 Å². The van der Waals surface area contributed by atoms with E-state index >= 15 is 0 Å². The molecule has 0 unspecified atom stereocenters. The molecule has 2 aromatic rings. The second-order valence-electron chi connectivity index (χ2n) is 7.37. The van der Waals surface area contributed by atoms with Gasteiger partial charge in [0.25, 0.3) is 0 Å². The molecule has 3 heterocycles. The SMILES string of the molecule is CC(C)N1CCC(N2CN=C(Nc3ccc(F)c(Cl)c3)c3ccsc32)CC1. The van der Waals surface area contributed by atoms with Crippen LogP contribution >= 0.6 is 22.9 Å². The Morgan fingerprint density at radius 2 is 2.04 bits per heavy atom. The number of hydrogen-bond acceptors (Lipinski definition) is 5. The van der Waals surface area contributed by atoms with Gasteiger partial charge in [0.2, 0.25) is 0 Å². The number of anilines is 2. The standard InChI is InChI=1S/C20H24ClFN4S/c1-13(2)25-8-5-15(6-9-25)26-12-23-19(16-7-10-27-20(16)26)24-14-3-4-18(22)17(21)11-14/h3-4,7,10-11,13,15H,5-6,8-9,12H2,1-2H3,(H,23,24). The number of halogens is 2. The number of fused-ring (bicyclic) bond motifs is 1.